The highest BCUT2D eigenvalue weighted by Crippen LogP contribution is 2.26. The quantitative estimate of drug-likeness (QED) is 0.866. The molecule has 0 saturated carbocycles. The lowest BCUT2D eigenvalue weighted by molar-refractivity contribution is -0.130. The van der Waals surface area contributed by atoms with E-state index in [0.29, 0.717) is 6.42 Å². The molecule has 0 atom stereocenters. The highest BCUT2D eigenvalue weighted by atomic mass is 35.5. The number of halogens is 1. The van der Waals surface area contributed by atoms with Crippen molar-refractivity contribution in [1.82, 2.24) is 4.90 Å². The van der Waals surface area contributed by atoms with Crippen molar-refractivity contribution in [3.63, 3.8) is 0 Å². The lowest BCUT2D eigenvalue weighted by atomic mass is 10.2. The molecule has 1 aromatic carbocycles. The minimum atomic E-state index is 0.219. The lowest BCUT2D eigenvalue weighted by Gasteiger charge is -2.36. The van der Waals surface area contributed by atoms with E-state index in [1.807, 2.05) is 46.7 Å². The molecule has 1 aliphatic heterocycles. The first-order valence-electron chi connectivity index (χ1n) is 7.03. The molecular weight excluding hydrogens is 304 g/mol. The van der Waals surface area contributed by atoms with E-state index < -0.39 is 0 Å². The van der Waals surface area contributed by atoms with E-state index in [4.69, 9.17) is 11.6 Å². The molecule has 0 bridgehead atoms. The van der Waals surface area contributed by atoms with E-state index in [0.717, 1.165) is 41.8 Å². The molecule has 2 aromatic rings. The summed E-state index contributed by atoms with van der Waals surface area (Å²) in [5, 5.41) is 2.79. The van der Waals surface area contributed by atoms with Gasteiger partial charge in [-0.05, 0) is 23.6 Å². The van der Waals surface area contributed by atoms with Crippen molar-refractivity contribution in [3.05, 3.63) is 51.7 Å². The zero-order chi connectivity index (χ0) is 14.7. The number of para-hydroxylation sites is 1. The number of hydrogen-bond donors (Lipinski definition) is 0. The fourth-order valence-corrected chi connectivity index (χ4v) is 3.53. The van der Waals surface area contributed by atoms with Crippen molar-refractivity contribution in [2.24, 2.45) is 0 Å². The van der Waals surface area contributed by atoms with Crippen molar-refractivity contribution in [2.45, 2.75) is 6.42 Å². The van der Waals surface area contributed by atoms with Gasteiger partial charge in [-0.1, -0.05) is 29.8 Å². The second kappa shape index (κ2) is 6.50. The third kappa shape index (κ3) is 3.39. The third-order valence-corrected chi connectivity index (χ3v) is 4.93. The van der Waals surface area contributed by atoms with Crippen LogP contribution in [-0.4, -0.2) is 37.0 Å². The highest BCUT2D eigenvalue weighted by Gasteiger charge is 2.22. The molecule has 0 unspecified atom stereocenters. The Labute approximate surface area is 133 Å². The van der Waals surface area contributed by atoms with Gasteiger partial charge < -0.3 is 9.80 Å². The van der Waals surface area contributed by atoms with Crippen LogP contribution in [0.15, 0.2) is 41.8 Å². The van der Waals surface area contributed by atoms with Gasteiger partial charge in [-0.15, -0.1) is 11.3 Å². The normalized spacial score (nSPS) is 15.3. The van der Waals surface area contributed by atoms with Gasteiger partial charge in [0.25, 0.3) is 0 Å². The van der Waals surface area contributed by atoms with E-state index >= 15 is 0 Å². The number of amides is 1. The van der Waals surface area contributed by atoms with Crippen molar-refractivity contribution >= 4 is 34.5 Å². The number of anilines is 1. The summed E-state index contributed by atoms with van der Waals surface area (Å²) in [6.07, 6.45) is 0.518. The molecule has 3 rings (SSSR count). The predicted octanol–water partition coefficient (Wildman–Crippen LogP) is 3.29. The minimum Gasteiger partial charge on any atom is -0.367 e. The molecule has 110 valence electrons. The maximum absolute atomic E-state index is 12.3. The summed E-state index contributed by atoms with van der Waals surface area (Å²) in [6.45, 7) is 3.19. The molecule has 0 radical (unpaired) electrons. The Morgan fingerprint density at radius 2 is 1.86 bits per heavy atom. The number of benzene rings is 1. The maximum Gasteiger partial charge on any atom is 0.227 e. The van der Waals surface area contributed by atoms with E-state index in [2.05, 4.69) is 4.90 Å². The van der Waals surface area contributed by atoms with E-state index in [-0.39, 0.29) is 5.91 Å². The average Bonchev–Trinajstić information content (AvgIpc) is 3.01. The Morgan fingerprint density at radius 3 is 2.52 bits per heavy atom. The van der Waals surface area contributed by atoms with Crippen molar-refractivity contribution in [2.75, 3.05) is 31.1 Å². The zero-order valence-corrected chi connectivity index (χ0v) is 13.2. The van der Waals surface area contributed by atoms with Crippen LogP contribution in [0.1, 0.15) is 4.88 Å². The number of rotatable bonds is 3. The fraction of sp³-hybridized carbons (Fsp3) is 0.312. The van der Waals surface area contributed by atoms with Crippen molar-refractivity contribution in [3.8, 4) is 0 Å². The number of thiophene rings is 1. The Bertz CT molecular complexity index is 606. The second-order valence-electron chi connectivity index (χ2n) is 5.08. The Morgan fingerprint density at radius 1 is 1.10 bits per heavy atom. The topological polar surface area (TPSA) is 23.6 Å². The molecule has 0 N–H and O–H groups in total. The number of hydrogen-bond acceptors (Lipinski definition) is 3. The first-order valence-corrected chi connectivity index (χ1v) is 8.29. The first kappa shape index (κ1) is 14.4. The fourth-order valence-electron chi connectivity index (χ4n) is 2.58. The van der Waals surface area contributed by atoms with E-state index in [1.54, 1.807) is 11.3 Å². The Hall–Kier alpha value is -1.52. The summed E-state index contributed by atoms with van der Waals surface area (Å²) in [7, 11) is 0. The molecule has 1 aliphatic rings. The van der Waals surface area contributed by atoms with Gasteiger partial charge >= 0.3 is 0 Å². The van der Waals surface area contributed by atoms with Crippen LogP contribution in [-0.2, 0) is 11.2 Å². The van der Waals surface area contributed by atoms with Crippen molar-refractivity contribution < 1.29 is 4.79 Å². The first-order chi connectivity index (χ1) is 10.2. The SMILES string of the molecule is O=C(Cc1cccs1)N1CCN(c2ccccc2Cl)CC1. The van der Waals surface area contributed by atoms with E-state index in [1.165, 1.54) is 0 Å². The molecule has 1 amide bonds. The van der Waals surface area contributed by atoms with Gasteiger partial charge in [0.15, 0.2) is 0 Å². The summed E-state index contributed by atoms with van der Waals surface area (Å²) >= 11 is 7.87. The molecule has 0 aliphatic carbocycles. The molecule has 5 heteroatoms. The molecule has 1 fully saturated rings. The standard InChI is InChI=1S/C16H17ClN2OS/c17-14-5-1-2-6-15(14)18-7-9-19(10-8-18)16(20)12-13-4-3-11-21-13/h1-6,11H,7-10,12H2. The van der Waals surface area contributed by atoms with Crippen LogP contribution < -0.4 is 4.90 Å². The number of carbonyl (C=O) groups is 1. The highest BCUT2D eigenvalue weighted by molar-refractivity contribution is 7.10. The number of carbonyl (C=O) groups excluding carboxylic acids is 1. The summed E-state index contributed by atoms with van der Waals surface area (Å²) in [5.41, 5.74) is 1.06. The smallest absolute Gasteiger partial charge is 0.227 e. The van der Waals surface area contributed by atoms with Gasteiger partial charge in [0.2, 0.25) is 5.91 Å². The van der Waals surface area contributed by atoms with Crippen LogP contribution in [0.3, 0.4) is 0 Å². The minimum absolute atomic E-state index is 0.219. The summed E-state index contributed by atoms with van der Waals surface area (Å²) < 4.78 is 0. The molecule has 21 heavy (non-hydrogen) atoms. The summed E-state index contributed by atoms with van der Waals surface area (Å²) in [5.74, 6) is 0.219. The molecule has 0 spiro atoms. The average molecular weight is 321 g/mol. The second-order valence-corrected chi connectivity index (χ2v) is 6.51. The van der Waals surface area contributed by atoms with Gasteiger partial charge in [-0.25, -0.2) is 0 Å². The van der Waals surface area contributed by atoms with E-state index in [9.17, 15) is 4.79 Å². The Kier molecular flexibility index (Phi) is 4.46. The maximum atomic E-state index is 12.3. The van der Waals surface area contributed by atoms with Crippen molar-refractivity contribution in [1.29, 1.82) is 0 Å². The summed E-state index contributed by atoms with van der Waals surface area (Å²) in [4.78, 5) is 17.6. The molecule has 1 saturated heterocycles. The van der Waals surface area contributed by atoms with Crippen LogP contribution in [0, 0.1) is 0 Å². The molecule has 3 nitrogen and oxygen atoms in total. The molecule has 1 aromatic heterocycles. The number of piperazine rings is 1. The summed E-state index contributed by atoms with van der Waals surface area (Å²) in [6, 6.07) is 11.9. The van der Waals surface area contributed by atoms with Crippen LogP contribution in [0.5, 0.6) is 0 Å². The van der Waals surface area contributed by atoms with Gasteiger partial charge in [0.1, 0.15) is 0 Å². The largest absolute Gasteiger partial charge is 0.367 e. The van der Waals surface area contributed by atoms with Crippen LogP contribution in [0.25, 0.3) is 0 Å². The lowest BCUT2D eigenvalue weighted by Crippen LogP contribution is -2.49. The zero-order valence-electron chi connectivity index (χ0n) is 11.7. The van der Waals surface area contributed by atoms with Crippen LogP contribution in [0.4, 0.5) is 5.69 Å². The van der Waals surface area contributed by atoms with Crippen LogP contribution in [0.2, 0.25) is 5.02 Å². The van der Waals surface area contributed by atoms with Gasteiger partial charge in [-0.3, -0.25) is 4.79 Å². The van der Waals surface area contributed by atoms with Gasteiger partial charge in [0.05, 0.1) is 17.1 Å². The Balaban J connectivity index is 1.58. The number of nitrogens with zero attached hydrogens (tertiary/aromatic N) is 2. The molecule has 2 heterocycles. The van der Waals surface area contributed by atoms with Gasteiger partial charge in [-0.2, -0.15) is 0 Å². The molecular formula is C16H17ClN2OS. The van der Waals surface area contributed by atoms with Crippen LogP contribution >= 0.6 is 22.9 Å². The monoisotopic (exact) mass is 320 g/mol. The van der Waals surface area contributed by atoms with Gasteiger partial charge in [0, 0.05) is 31.1 Å². The third-order valence-electron chi connectivity index (χ3n) is 3.73. The predicted molar refractivity (Wildman–Crippen MR) is 88.3 cm³/mol.